The molecule has 17 heavy (non-hydrogen) atoms. The van der Waals surface area contributed by atoms with Crippen LogP contribution in [0.3, 0.4) is 0 Å². The Hall–Kier alpha value is -1.10. The summed E-state index contributed by atoms with van der Waals surface area (Å²) in [7, 11) is 1.32. The van der Waals surface area contributed by atoms with E-state index in [9.17, 15) is 9.59 Å². The van der Waals surface area contributed by atoms with Crippen LogP contribution in [0.2, 0.25) is 0 Å². The summed E-state index contributed by atoms with van der Waals surface area (Å²) in [6.07, 6.45) is 3.36. The van der Waals surface area contributed by atoms with E-state index in [4.69, 9.17) is 0 Å². The molecule has 100 valence electrons. The van der Waals surface area contributed by atoms with Gasteiger partial charge in [-0.2, -0.15) is 0 Å². The molecule has 0 fully saturated rings. The predicted molar refractivity (Wildman–Crippen MR) is 66.6 cm³/mol. The fourth-order valence-electron chi connectivity index (χ4n) is 1.51. The van der Waals surface area contributed by atoms with Crippen LogP contribution in [0.4, 0.5) is 0 Å². The first kappa shape index (κ1) is 15.9. The predicted octanol–water partition coefficient (Wildman–Crippen LogP) is 0.832. The van der Waals surface area contributed by atoms with Crippen LogP contribution >= 0.6 is 0 Å². The molecule has 2 atom stereocenters. The van der Waals surface area contributed by atoms with Crippen molar-refractivity contribution in [3.63, 3.8) is 0 Å². The van der Waals surface area contributed by atoms with E-state index in [1.807, 2.05) is 0 Å². The summed E-state index contributed by atoms with van der Waals surface area (Å²) < 4.78 is 4.63. The first-order valence-electron chi connectivity index (χ1n) is 6.09. The number of unbranched alkanes of at least 4 members (excludes halogenated alkanes) is 1. The largest absolute Gasteiger partial charge is 0.467 e. The molecule has 0 radical (unpaired) electrons. The number of nitrogens with one attached hydrogen (secondary N) is 2. The van der Waals surface area contributed by atoms with Crippen molar-refractivity contribution in [3.05, 3.63) is 0 Å². The Morgan fingerprint density at radius 3 is 2.47 bits per heavy atom. The Bertz CT molecular complexity index is 244. The Kier molecular flexibility index (Phi) is 8.40. The van der Waals surface area contributed by atoms with Crippen molar-refractivity contribution < 1.29 is 14.3 Å². The van der Waals surface area contributed by atoms with Gasteiger partial charge in [0.1, 0.15) is 6.04 Å². The molecule has 0 rings (SSSR count). The molecule has 0 aromatic rings. The van der Waals surface area contributed by atoms with Crippen molar-refractivity contribution in [2.45, 2.75) is 52.1 Å². The normalized spacial score (nSPS) is 13.9. The molecule has 0 aliphatic carbocycles. The Morgan fingerprint density at radius 2 is 2.00 bits per heavy atom. The zero-order valence-electron chi connectivity index (χ0n) is 11.2. The number of hydrogen-bond acceptors (Lipinski definition) is 4. The molecule has 0 aliphatic rings. The molecule has 2 unspecified atom stereocenters. The fraction of sp³-hybridized carbons (Fsp3) is 0.833. The number of rotatable bonds is 8. The van der Waals surface area contributed by atoms with E-state index in [0.717, 1.165) is 19.3 Å². The molecule has 0 aliphatic heterocycles. The topological polar surface area (TPSA) is 67.4 Å². The Morgan fingerprint density at radius 1 is 1.35 bits per heavy atom. The molecule has 0 saturated carbocycles. The number of ether oxygens (including phenoxy) is 1. The van der Waals surface area contributed by atoms with E-state index in [1.54, 1.807) is 0 Å². The average Bonchev–Trinajstić information content (AvgIpc) is 2.30. The zero-order valence-corrected chi connectivity index (χ0v) is 11.2. The van der Waals surface area contributed by atoms with Gasteiger partial charge >= 0.3 is 5.97 Å². The van der Waals surface area contributed by atoms with Gasteiger partial charge in [0.25, 0.3) is 0 Å². The summed E-state index contributed by atoms with van der Waals surface area (Å²) in [5.41, 5.74) is 0. The minimum Gasteiger partial charge on any atom is -0.467 e. The van der Waals surface area contributed by atoms with Gasteiger partial charge < -0.3 is 15.4 Å². The number of esters is 1. The van der Waals surface area contributed by atoms with Gasteiger partial charge in [-0.1, -0.05) is 19.8 Å². The van der Waals surface area contributed by atoms with Gasteiger partial charge in [-0.3, -0.25) is 4.79 Å². The van der Waals surface area contributed by atoms with Crippen molar-refractivity contribution in [1.82, 2.24) is 10.6 Å². The van der Waals surface area contributed by atoms with E-state index in [0.29, 0.717) is 12.6 Å². The van der Waals surface area contributed by atoms with Crippen LogP contribution in [0.5, 0.6) is 0 Å². The first-order valence-corrected chi connectivity index (χ1v) is 6.09. The number of hydrogen-bond donors (Lipinski definition) is 2. The second-order valence-electron chi connectivity index (χ2n) is 4.23. The molecule has 0 heterocycles. The number of methoxy groups -OCH3 is 1. The lowest BCUT2D eigenvalue weighted by Gasteiger charge is -2.19. The third-order valence-electron chi connectivity index (χ3n) is 2.52. The van der Waals surface area contributed by atoms with Crippen molar-refractivity contribution in [1.29, 1.82) is 0 Å². The van der Waals surface area contributed by atoms with Crippen molar-refractivity contribution >= 4 is 11.9 Å². The molecule has 0 bridgehead atoms. The van der Waals surface area contributed by atoms with Gasteiger partial charge in [-0.05, 0) is 13.3 Å². The summed E-state index contributed by atoms with van der Waals surface area (Å²) in [5, 5.41) is 5.79. The molecular formula is C12H24N2O3. The molecule has 0 spiro atoms. The van der Waals surface area contributed by atoms with E-state index in [1.165, 1.54) is 14.0 Å². The van der Waals surface area contributed by atoms with Crippen LogP contribution in [0.1, 0.15) is 40.0 Å². The molecule has 0 saturated heterocycles. The van der Waals surface area contributed by atoms with Gasteiger partial charge in [0.2, 0.25) is 5.91 Å². The number of carbonyl (C=O) groups excluding carboxylic acids is 2. The average molecular weight is 244 g/mol. The minimum absolute atomic E-state index is 0.233. The highest BCUT2D eigenvalue weighted by Crippen LogP contribution is 1.99. The number of carbonyl (C=O) groups is 2. The lowest BCUT2D eigenvalue weighted by molar-refractivity contribution is -0.144. The van der Waals surface area contributed by atoms with Crippen LogP contribution < -0.4 is 10.6 Å². The van der Waals surface area contributed by atoms with Gasteiger partial charge in [-0.15, -0.1) is 0 Å². The second-order valence-corrected chi connectivity index (χ2v) is 4.23. The highest BCUT2D eigenvalue weighted by atomic mass is 16.5. The zero-order chi connectivity index (χ0) is 13.3. The van der Waals surface area contributed by atoms with E-state index in [2.05, 4.69) is 29.2 Å². The molecule has 2 N–H and O–H groups in total. The summed E-state index contributed by atoms with van der Waals surface area (Å²) >= 11 is 0. The molecule has 0 aromatic carbocycles. The lowest BCUT2D eigenvalue weighted by Crippen LogP contribution is -2.48. The summed E-state index contributed by atoms with van der Waals surface area (Å²) in [4.78, 5) is 22.3. The SMILES string of the molecule is CCCCC(C)NCC(NC(C)=O)C(=O)OC. The maximum Gasteiger partial charge on any atom is 0.329 e. The van der Waals surface area contributed by atoms with Gasteiger partial charge in [0.15, 0.2) is 0 Å². The second kappa shape index (κ2) is 8.98. The highest BCUT2D eigenvalue weighted by molar-refractivity contribution is 5.83. The van der Waals surface area contributed by atoms with Crippen LogP contribution in [0.15, 0.2) is 0 Å². The van der Waals surface area contributed by atoms with Crippen LogP contribution in [-0.4, -0.2) is 37.6 Å². The molecule has 5 nitrogen and oxygen atoms in total. The smallest absolute Gasteiger partial charge is 0.329 e. The van der Waals surface area contributed by atoms with E-state index < -0.39 is 12.0 Å². The molecule has 0 aromatic heterocycles. The van der Waals surface area contributed by atoms with E-state index in [-0.39, 0.29) is 5.91 Å². The van der Waals surface area contributed by atoms with Crippen molar-refractivity contribution in [2.24, 2.45) is 0 Å². The van der Waals surface area contributed by atoms with E-state index >= 15 is 0 Å². The van der Waals surface area contributed by atoms with Crippen LogP contribution in [-0.2, 0) is 14.3 Å². The molecule has 5 heteroatoms. The number of amides is 1. The first-order chi connectivity index (χ1) is 8.01. The molecule has 1 amide bonds. The lowest BCUT2D eigenvalue weighted by atomic mass is 10.1. The quantitative estimate of drug-likeness (QED) is 0.621. The highest BCUT2D eigenvalue weighted by Gasteiger charge is 2.20. The van der Waals surface area contributed by atoms with Crippen molar-refractivity contribution in [3.8, 4) is 0 Å². The summed E-state index contributed by atoms with van der Waals surface area (Å²) in [6.45, 7) is 5.99. The van der Waals surface area contributed by atoms with Crippen LogP contribution in [0, 0.1) is 0 Å². The standard InChI is InChI=1S/C12H24N2O3/c1-5-6-7-9(2)13-8-11(12(16)17-4)14-10(3)15/h9,11,13H,5-8H2,1-4H3,(H,14,15). The van der Waals surface area contributed by atoms with Crippen LogP contribution in [0.25, 0.3) is 0 Å². The third kappa shape index (κ3) is 7.74. The van der Waals surface area contributed by atoms with Gasteiger partial charge in [0.05, 0.1) is 7.11 Å². The Labute approximate surface area is 103 Å². The van der Waals surface area contributed by atoms with Gasteiger partial charge in [0, 0.05) is 19.5 Å². The monoisotopic (exact) mass is 244 g/mol. The molecular weight excluding hydrogens is 220 g/mol. The van der Waals surface area contributed by atoms with Gasteiger partial charge in [-0.25, -0.2) is 4.79 Å². The summed E-state index contributed by atoms with van der Waals surface area (Å²) in [6, 6.07) is -0.280. The maximum atomic E-state index is 11.4. The third-order valence-corrected chi connectivity index (χ3v) is 2.52. The summed E-state index contributed by atoms with van der Waals surface area (Å²) in [5.74, 6) is -0.654. The minimum atomic E-state index is -0.610. The van der Waals surface area contributed by atoms with Crippen molar-refractivity contribution in [2.75, 3.05) is 13.7 Å². The maximum absolute atomic E-state index is 11.4. The fourth-order valence-corrected chi connectivity index (χ4v) is 1.51. The Balaban J connectivity index is 4.06.